The molecular formula is C29H30N2O4Si. The molecular weight excluding hydrogens is 468 g/mol. The lowest BCUT2D eigenvalue weighted by Gasteiger charge is -2.45. The maximum absolute atomic E-state index is 12.8. The molecule has 0 fully saturated rings. The fraction of sp³-hybridized carbons (Fsp3) is 0.276. The number of pyridine rings is 1. The summed E-state index contributed by atoms with van der Waals surface area (Å²) in [6.07, 6.45) is 6.44. The van der Waals surface area contributed by atoms with Crippen LogP contribution in [0, 0.1) is 12.3 Å². The summed E-state index contributed by atoms with van der Waals surface area (Å²) in [7, 11) is -2.95. The predicted molar refractivity (Wildman–Crippen MR) is 143 cm³/mol. The van der Waals surface area contributed by atoms with Crippen molar-refractivity contribution in [3.05, 3.63) is 90.8 Å². The van der Waals surface area contributed by atoms with Crippen LogP contribution >= 0.6 is 0 Å². The van der Waals surface area contributed by atoms with Gasteiger partial charge in [0.2, 0.25) is 0 Å². The molecule has 2 heterocycles. The molecule has 3 aromatic rings. The Balaban J connectivity index is 1.74. The second kappa shape index (κ2) is 10.9. The van der Waals surface area contributed by atoms with Gasteiger partial charge in [0.15, 0.2) is 6.10 Å². The number of esters is 1. The van der Waals surface area contributed by atoms with Crippen LogP contribution in [0.2, 0.25) is 5.04 Å². The molecule has 0 saturated carbocycles. The van der Waals surface area contributed by atoms with Gasteiger partial charge >= 0.3 is 5.97 Å². The van der Waals surface area contributed by atoms with Crippen molar-refractivity contribution in [2.24, 2.45) is 5.16 Å². The van der Waals surface area contributed by atoms with Gasteiger partial charge in [0, 0.05) is 12.6 Å². The highest BCUT2D eigenvalue weighted by atomic mass is 28.4. The van der Waals surface area contributed by atoms with Gasteiger partial charge in [-0.05, 0) is 27.5 Å². The lowest BCUT2D eigenvalue weighted by molar-refractivity contribution is -0.0407. The lowest BCUT2D eigenvalue weighted by Crippen LogP contribution is -2.68. The number of oxime groups is 1. The molecule has 0 N–H and O–H groups in total. The van der Waals surface area contributed by atoms with Crippen LogP contribution in [-0.4, -0.2) is 43.8 Å². The number of hydrogen-bond donors (Lipinski definition) is 0. The highest BCUT2D eigenvalue weighted by molar-refractivity contribution is 6.99. The van der Waals surface area contributed by atoms with Crippen LogP contribution in [0.3, 0.4) is 0 Å². The Bertz CT molecular complexity index is 1200. The number of carbonyl (C=O) groups excluding carboxylic acids is 1. The van der Waals surface area contributed by atoms with Crippen molar-refractivity contribution in [1.82, 2.24) is 4.98 Å². The van der Waals surface area contributed by atoms with Crippen molar-refractivity contribution in [2.75, 3.05) is 6.61 Å². The Kier molecular flexibility index (Phi) is 7.68. The zero-order chi connectivity index (χ0) is 25.6. The predicted octanol–water partition coefficient (Wildman–Crippen LogP) is 3.96. The van der Waals surface area contributed by atoms with Crippen LogP contribution in [-0.2, 0) is 14.0 Å². The Hall–Kier alpha value is -3.73. The van der Waals surface area contributed by atoms with Gasteiger partial charge in [-0.25, -0.2) is 9.78 Å². The van der Waals surface area contributed by atoms with E-state index in [9.17, 15) is 4.79 Å². The molecule has 4 rings (SSSR count). The lowest BCUT2D eigenvalue weighted by atomic mass is 10.1. The highest BCUT2D eigenvalue weighted by Gasteiger charge is 2.53. The van der Waals surface area contributed by atoms with Crippen LogP contribution < -0.4 is 10.4 Å². The summed E-state index contributed by atoms with van der Waals surface area (Å²) in [5.41, 5.74) is 0.738. The first-order chi connectivity index (χ1) is 17.3. The zero-order valence-corrected chi connectivity index (χ0v) is 21.8. The third kappa shape index (κ3) is 5.25. The first kappa shape index (κ1) is 25.4. The summed E-state index contributed by atoms with van der Waals surface area (Å²) >= 11 is 0. The van der Waals surface area contributed by atoms with Crippen molar-refractivity contribution in [1.29, 1.82) is 0 Å². The Labute approximate surface area is 213 Å². The number of hydrogen-bond acceptors (Lipinski definition) is 6. The molecule has 36 heavy (non-hydrogen) atoms. The largest absolute Gasteiger partial charge is 0.458 e. The summed E-state index contributed by atoms with van der Waals surface area (Å²) < 4.78 is 12.9. The summed E-state index contributed by atoms with van der Waals surface area (Å²) in [5, 5.41) is 6.00. The second-order valence-corrected chi connectivity index (χ2v) is 13.9. The van der Waals surface area contributed by atoms with Gasteiger partial charge in [0.25, 0.3) is 8.32 Å². The van der Waals surface area contributed by atoms with Crippen LogP contribution in [0.5, 0.6) is 0 Å². The molecule has 0 radical (unpaired) electrons. The van der Waals surface area contributed by atoms with Crippen molar-refractivity contribution in [3.8, 4) is 12.3 Å². The van der Waals surface area contributed by atoms with Crippen molar-refractivity contribution >= 4 is 30.4 Å². The first-order valence-corrected chi connectivity index (χ1v) is 13.8. The number of nitrogens with zero attached hydrogens (tertiary/aromatic N) is 2. The van der Waals surface area contributed by atoms with Crippen LogP contribution in [0.1, 0.15) is 37.7 Å². The van der Waals surface area contributed by atoms with Crippen molar-refractivity contribution in [3.63, 3.8) is 0 Å². The monoisotopic (exact) mass is 498 g/mol. The van der Waals surface area contributed by atoms with Crippen LogP contribution in [0.25, 0.3) is 0 Å². The minimum Gasteiger partial charge on any atom is -0.458 e. The Morgan fingerprint density at radius 3 is 2.17 bits per heavy atom. The van der Waals surface area contributed by atoms with Gasteiger partial charge in [0.1, 0.15) is 24.1 Å². The van der Waals surface area contributed by atoms with E-state index >= 15 is 0 Å². The van der Waals surface area contributed by atoms with Gasteiger partial charge in [-0.1, -0.05) is 98.6 Å². The van der Waals surface area contributed by atoms with E-state index in [4.69, 9.17) is 20.4 Å². The van der Waals surface area contributed by atoms with Gasteiger partial charge in [-0.15, -0.1) is 6.42 Å². The number of rotatable bonds is 8. The van der Waals surface area contributed by atoms with Crippen molar-refractivity contribution < 1.29 is 18.8 Å². The fourth-order valence-corrected chi connectivity index (χ4v) is 9.22. The fourth-order valence-electron chi connectivity index (χ4n) is 4.53. The molecule has 1 aromatic heterocycles. The van der Waals surface area contributed by atoms with Crippen molar-refractivity contribution in [2.45, 2.75) is 44.4 Å². The molecule has 1 aliphatic heterocycles. The highest BCUT2D eigenvalue weighted by Crippen LogP contribution is 2.38. The van der Waals surface area contributed by atoms with Gasteiger partial charge in [-0.3, -0.25) is 0 Å². The molecule has 0 unspecified atom stereocenters. The van der Waals surface area contributed by atoms with E-state index in [1.165, 1.54) is 0 Å². The molecule has 2 aromatic carbocycles. The van der Waals surface area contributed by atoms with Gasteiger partial charge in [-0.2, -0.15) is 0 Å². The van der Waals surface area contributed by atoms with E-state index < -0.39 is 26.5 Å². The molecule has 6 nitrogen and oxygen atoms in total. The molecule has 0 spiro atoms. The number of carbonyl (C=O) groups is 1. The van der Waals surface area contributed by atoms with E-state index in [1.54, 1.807) is 24.4 Å². The summed E-state index contributed by atoms with van der Waals surface area (Å²) in [5.74, 6) is 2.03. The summed E-state index contributed by atoms with van der Waals surface area (Å²) in [6, 6.07) is 25.6. The average Bonchev–Trinajstić information content (AvgIpc) is 3.39. The van der Waals surface area contributed by atoms with E-state index in [0.717, 1.165) is 10.4 Å². The molecule has 0 bridgehead atoms. The normalized spacial score (nSPS) is 16.4. The van der Waals surface area contributed by atoms with E-state index in [2.05, 4.69) is 61.1 Å². The minimum atomic E-state index is -2.95. The molecule has 2 atom stereocenters. The molecule has 7 heteroatoms. The smallest absolute Gasteiger partial charge is 0.357 e. The Morgan fingerprint density at radius 2 is 1.67 bits per heavy atom. The standard InChI is InChI=1S/C29H30N2O4Si/c1-5-22-20-26(34-31-22)27(21-33-28(32)25-18-12-13-19-30-25)35-36(29(2,3)4,23-14-8-6-9-15-23)24-16-10-7-11-17-24/h1,6-19,26-27H,20-21H2,2-4H3/t26-,27+/m0/s1. The summed E-state index contributed by atoms with van der Waals surface area (Å²) in [4.78, 5) is 22.6. The van der Waals surface area contributed by atoms with Crippen LogP contribution in [0.4, 0.5) is 0 Å². The number of ether oxygens (including phenoxy) is 1. The summed E-state index contributed by atoms with van der Waals surface area (Å²) in [6.45, 7) is 6.54. The molecule has 1 aliphatic rings. The zero-order valence-electron chi connectivity index (χ0n) is 20.8. The molecule has 0 saturated heterocycles. The first-order valence-electron chi connectivity index (χ1n) is 11.9. The quantitative estimate of drug-likeness (QED) is 0.267. The Morgan fingerprint density at radius 1 is 1.06 bits per heavy atom. The number of aromatic nitrogens is 1. The SMILES string of the molecule is C#CC1=NO[C@H]([C@@H](COC(=O)c2ccccn2)O[Si](c2ccccc2)(c2ccccc2)C(C)(C)C)C1. The third-order valence-corrected chi connectivity index (χ3v) is 11.3. The third-order valence-electron chi connectivity index (χ3n) is 6.27. The van der Waals surface area contributed by atoms with Gasteiger partial charge < -0.3 is 14.0 Å². The maximum Gasteiger partial charge on any atom is 0.357 e. The van der Waals surface area contributed by atoms with E-state index in [1.807, 2.05) is 36.4 Å². The number of benzene rings is 2. The van der Waals surface area contributed by atoms with Crippen LogP contribution in [0.15, 0.2) is 90.2 Å². The maximum atomic E-state index is 12.8. The number of terminal acetylenes is 1. The minimum absolute atomic E-state index is 0.0298. The second-order valence-electron chi connectivity index (χ2n) is 9.66. The van der Waals surface area contributed by atoms with E-state index in [-0.39, 0.29) is 17.3 Å². The van der Waals surface area contributed by atoms with E-state index in [0.29, 0.717) is 12.1 Å². The average molecular weight is 499 g/mol. The molecule has 0 amide bonds. The molecule has 0 aliphatic carbocycles. The topological polar surface area (TPSA) is 70.0 Å². The molecule has 184 valence electrons. The van der Waals surface area contributed by atoms with Gasteiger partial charge in [0.05, 0.1) is 0 Å².